The number of urea groups is 1. The highest BCUT2D eigenvalue weighted by atomic mass is 16.5. The minimum absolute atomic E-state index is 0.0262. The Labute approximate surface area is 126 Å². The monoisotopic (exact) mass is 304 g/mol. The maximum Gasteiger partial charge on any atom is 0.314 e. The van der Waals surface area contributed by atoms with Gasteiger partial charge in [0.2, 0.25) is 0 Å². The first kappa shape index (κ1) is 19.7. The zero-order valence-corrected chi connectivity index (χ0v) is 13.0. The van der Waals surface area contributed by atoms with E-state index in [9.17, 15) is 9.59 Å². The Morgan fingerprint density at radius 2 is 1.90 bits per heavy atom. The Morgan fingerprint density at radius 1 is 1.14 bits per heavy atom. The fourth-order valence-electron chi connectivity index (χ4n) is 1.68. The molecule has 21 heavy (non-hydrogen) atoms. The minimum atomic E-state index is -0.806. The summed E-state index contributed by atoms with van der Waals surface area (Å²) in [6.45, 7) is 4.32. The standard InChI is InChI=1S/C14H28N2O5/c1-12(6-5-7-13(17)18)16-14(19)15-8-3-4-9-21-11-10-20-2/h12H,3-11H2,1-2H3,(H,17,18)(H2,15,16,19). The number of hydrogen-bond donors (Lipinski definition) is 3. The average molecular weight is 304 g/mol. The average Bonchev–Trinajstić information content (AvgIpc) is 2.41. The molecule has 0 aliphatic rings. The molecule has 0 aromatic heterocycles. The van der Waals surface area contributed by atoms with Crippen LogP contribution in [-0.4, -0.2) is 56.6 Å². The summed E-state index contributed by atoms with van der Waals surface area (Å²) in [5, 5.41) is 14.1. The van der Waals surface area contributed by atoms with Gasteiger partial charge in [0.1, 0.15) is 0 Å². The number of nitrogens with one attached hydrogen (secondary N) is 2. The second kappa shape index (κ2) is 13.6. The van der Waals surface area contributed by atoms with Gasteiger partial charge in [-0.2, -0.15) is 0 Å². The van der Waals surface area contributed by atoms with Crippen molar-refractivity contribution in [1.29, 1.82) is 0 Å². The predicted molar refractivity (Wildman–Crippen MR) is 79.4 cm³/mol. The number of amides is 2. The van der Waals surface area contributed by atoms with Crippen molar-refractivity contribution in [1.82, 2.24) is 10.6 Å². The van der Waals surface area contributed by atoms with Crippen LogP contribution in [0.2, 0.25) is 0 Å². The Bertz CT molecular complexity index is 287. The summed E-state index contributed by atoms with van der Waals surface area (Å²) in [5.41, 5.74) is 0. The number of carbonyl (C=O) groups is 2. The maximum absolute atomic E-state index is 11.5. The quantitative estimate of drug-likeness (QED) is 0.447. The number of methoxy groups -OCH3 is 1. The zero-order valence-electron chi connectivity index (χ0n) is 13.0. The van der Waals surface area contributed by atoms with E-state index < -0.39 is 5.97 Å². The highest BCUT2D eigenvalue weighted by Crippen LogP contribution is 2.00. The summed E-state index contributed by atoms with van der Waals surface area (Å²) < 4.78 is 10.2. The number of unbranched alkanes of at least 4 members (excludes halogenated alkanes) is 1. The van der Waals surface area contributed by atoms with E-state index >= 15 is 0 Å². The van der Waals surface area contributed by atoms with Crippen molar-refractivity contribution < 1.29 is 24.2 Å². The van der Waals surface area contributed by atoms with Gasteiger partial charge in [-0.25, -0.2) is 4.79 Å². The lowest BCUT2D eigenvalue weighted by molar-refractivity contribution is -0.137. The summed E-state index contributed by atoms with van der Waals surface area (Å²) >= 11 is 0. The lowest BCUT2D eigenvalue weighted by Crippen LogP contribution is -2.41. The van der Waals surface area contributed by atoms with Gasteiger partial charge in [-0.1, -0.05) is 0 Å². The molecule has 1 atom stereocenters. The van der Waals surface area contributed by atoms with Gasteiger partial charge >= 0.3 is 12.0 Å². The van der Waals surface area contributed by atoms with Gasteiger partial charge in [0.15, 0.2) is 0 Å². The van der Waals surface area contributed by atoms with E-state index in [2.05, 4.69) is 10.6 Å². The van der Waals surface area contributed by atoms with E-state index in [1.54, 1.807) is 7.11 Å². The zero-order chi connectivity index (χ0) is 15.9. The molecule has 0 aliphatic carbocycles. The maximum atomic E-state index is 11.5. The third-order valence-corrected chi connectivity index (χ3v) is 2.84. The van der Waals surface area contributed by atoms with Crippen LogP contribution in [0.3, 0.4) is 0 Å². The van der Waals surface area contributed by atoms with E-state index in [0.717, 1.165) is 12.8 Å². The van der Waals surface area contributed by atoms with E-state index in [1.165, 1.54) is 0 Å². The van der Waals surface area contributed by atoms with Gasteiger partial charge in [-0.05, 0) is 32.6 Å². The van der Waals surface area contributed by atoms with Gasteiger partial charge in [0, 0.05) is 32.7 Å². The van der Waals surface area contributed by atoms with Gasteiger partial charge in [-0.15, -0.1) is 0 Å². The molecule has 3 N–H and O–H groups in total. The Balaban J connectivity index is 3.38. The molecule has 0 aromatic rings. The molecule has 0 bridgehead atoms. The van der Waals surface area contributed by atoms with E-state index in [1.807, 2.05) is 6.92 Å². The molecule has 0 fully saturated rings. The summed E-state index contributed by atoms with van der Waals surface area (Å²) in [7, 11) is 1.63. The first-order valence-electron chi connectivity index (χ1n) is 7.39. The minimum Gasteiger partial charge on any atom is -0.481 e. The van der Waals surface area contributed by atoms with Crippen LogP contribution in [-0.2, 0) is 14.3 Å². The second-order valence-corrected chi connectivity index (χ2v) is 4.90. The molecule has 0 saturated heterocycles. The van der Waals surface area contributed by atoms with Crippen molar-refractivity contribution in [3.8, 4) is 0 Å². The number of aliphatic carboxylic acids is 1. The molecule has 1 unspecified atom stereocenters. The smallest absolute Gasteiger partial charge is 0.314 e. The fraction of sp³-hybridized carbons (Fsp3) is 0.857. The van der Waals surface area contributed by atoms with Crippen LogP contribution in [0.4, 0.5) is 4.79 Å². The van der Waals surface area contributed by atoms with Crippen LogP contribution in [0, 0.1) is 0 Å². The first-order valence-corrected chi connectivity index (χ1v) is 7.39. The predicted octanol–water partition coefficient (Wildman–Crippen LogP) is 1.37. The van der Waals surface area contributed by atoms with Crippen molar-refractivity contribution in [2.24, 2.45) is 0 Å². The molecule has 7 nitrogen and oxygen atoms in total. The Morgan fingerprint density at radius 3 is 2.57 bits per heavy atom. The van der Waals surface area contributed by atoms with Crippen molar-refractivity contribution >= 4 is 12.0 Å². The van der Waals surface area contributed by atoms with Crippen LogP contribution in [0.25, 0.3) is 0 Å². The summed E-state index contributed by atoms with van der Waals surface area (Å²) in [6, 6.07) is -0.236. The van der Waals surface area contributed by atoms with Crippen molar-refractivity contribution in [2.75, 3.05) is 33.5 Å². The summed E-state index contributed by atoms with van der Waals surface area (Å²) in [6.07, 6.45) is 3.10. The topological polar surface area (TPSA) is 96.9 Å². The molecule has 0 aromatic carbocycles. The van der Waals surface area contributed by atoms with E-state index in [4.69, 9.17) is 14.6 Å². The largest absolute Gasteiger partial charge is 0.481 e. The number of carboxylic acid groups (broad SMARTS) is 1. The molecule has 2 amide bonds. The lowest BCUT2D eigenvalue weighted by atomic mass is 10.1. The summed E-state index contributed by atoms with van der Waals surface area (Å²) in [5.74, 6) is -0.806. The highest BCUT2D eigenvalue weighted by molar-refractivity contribution is 5.74. The van der Waals surface area contributed by atoms with Crippen LogP contribution in [0.5, 0.6) is 0 Å². The third-order valence-electron chi connectivity index (χ3n) is 2.84. The molecular formula is C14H28N2O5. The molecule has 0 heterocycles. The Hall–Kier alpha value is -1.34. The molecule has 0 rings (SSSR count). The van der Waals surface area contributed by atoms with Crippen molar-refractivity contribution in [2.45, 2.75) is 45.1 Å². The molecule has 7 heteroatoms. The molecular weight excluding hydrogens is 276 g/mol. The molecule has 0 radical (unpaired) electrons. The van der Waals surface area contributed by atoms with Crippen LogP contribution < -0.4 is 10.6 Å². The molecule has 0 spiro atoms. The molecule has 124 valence electrons. The number of hydrogen-bond acceptors (Lipinski definition) is 4. The van der Waals surface area contributed by atoms with Gasteiger partial charge < -0.3 is 25.2 Å². The SMILES string of the molecule is COCCOCCCCNC(=O)NC(C)CCCC(=O)O. The number of carbonyl (C=O) groups excluding carboxylic acids is 1. The highest BCUT2D eigenvalue weighted by Gasteiger charge is 2.07. The molecule has 0 saturated carbocycles. The Kier molecular flexibility index (Phi) is 12.8. The summed E-state index contributed by atoms with van der Waals surface area (Å²) in [4.78, 5) is 21.9. The van der Waals surface area contributed by atoms with Gasteiger partial charge in [-0.3, -0.25) is 4.79 Å². The first-order chi connectivity index (χ1) is 10.1. The normalized spacial score (nSPS) is 11.9. The number of rotatable bonds is 13. The second-order valence-electron chi connectivity index (χ2n) is 4.90. The van der Waals surface area contributed by atoms with Crippen LogP contribution in [0.1, 0.15) is 39.0 Å². The number of carboxylic acids is 1. The number of ether oxygens (including phenoxy) is 2. The van der Waals surface area contributed by atoms with Crippen molar-refractivity contribution in [3.63, 3.8) is 0 Å². The van der Waals surface area contributed by atoms with Gasteiger partial charge in [0.05, 0.1) is 13.2 Å². The van der Waals surface area contributed by atoms with Gasteiger partial charge in [0.25, 0.3) is 0 Å². The van der Waals surface area contributed by atoms with E-state index in [0.29, 0.717) is 39.2 Å². The fourth-order valence-corrected chi connectivity index (χ4v) is 1.68. The van der Waals surface area contributed by atoms with Crippen LogP contribution in [0.15, 0.2) is 0 Å². The lowest BCUT2D eigenvalue weighted by Gasteiger charge is -2.14. The van der Waals surface area contributed by atoms with Crippen molar-refractivity contribution in [3.05, 3.63) is 0 Å². The van der Waals surface area contributed by atoms with E-state index in [-0.39, 0.29) is 18.5 Å². The third kappa shape index (κ3) is 14.9. The molecule has 0 aliphatic heterocycles. The van der Waals surface area contributed by atoms with Crippen LogP contribution >= 0.6 is 0 Å².